The topological polar surface area (TPSA) is 112 Å². The van der Waals surface area contributed by atoms with Crippen molar-refractivity contribution in [1.82, 2.24) is 19.5 Å². The SMILES string of the molecule is C#Cc1cc(OC)c(S(=O)(=O)NC(=O)c2ccc3c(-n4cccn4)cccc3n2)c(OC)c1. The predicted octanol–water partition coefficient (Wildman–Crippen LogP) is 2.54. The number of rotatable bonds is 6. The summed E-state index contributed by atoms with van der Waals surface area (Å²) < 4.78 is 40.2. The fraction of sp³-hybridized carbons (Fsp3) is 0.0870. The molecule has 0 saturated heterocycles. The van der Waals surface area contributed by atoms with E-state index in [0.717, 1.165) is 11.1 Å². The summed E-state index contributed by atoms with van der Waals surface area (Å²) in [4.78, 5) is 16.8. The second kappa shape index (κ2) is 8.64. The Morgan fingerprint density at radius 1 is 1.09 bits per heavy atom. The summed E-state index contributed by atoms with van der Waals surface area (Å²) in [6.07, 6.45) is 8.84. The van der Waals surface area contributed by atoms with E-state index in [1.54, 1.807) is 41.3 Å². The average molecular weight is 462 g/mol. The van der Waals surface area contributed by atoms with Crippen molar-refractivity contribution in [3.05, 3.63) is 72.2 Å². The lowest BCUT2D eigenvalue weighted by Gasteiger charge is -2.15. The number of hydrogen-bond donors (Lipinski definition) is 1. The molecule has 10 heteroatoms. The van der Waals surface area contributed by atoms with E-state index < -0.39 is 15.9 Å². The summed E-state index contributed by atoms with van der Waals surface area (Å²) in [5, 5.41) is 4.96. The van der Waals surface area contributed by atoms with Crippen molar-refractivity contribution >= 4 is 26.8 Å². The fourth-order valence-corrected chi connectivity index (χ4v) is 4.59. The molecule has 2 aromatic heterocycles. The number of terminal acetylenes is 1. The third-order valence-electron chi connectivity index (χ3n) is 4.82. The molecule has 0 aliphatic heterocycles. The molecule has 0 atom stereocenters. The van der Waals surface area contributed by atoms with Gasteiger partial charge in [-0.25, -0.2) is 22.8 Å². The van der Waals surface area contributed by atoms with Gasteiger partial charge in [-0.15, -0.1) is 6.42 Å². The van der Waals surface area contributed by atoms with E-state index in [0.29, 0.717) is 11.1 Å². The number of carbonyl (C=O) groups excluding carboxylic acids is 1. The summed E-state index contributed by atoms with van der Waals surface area (Å²) in [5.41, 5.74) is 1.55. The summed E-state index contributed by atoms with van der Waals surface area (Å²) in [6, 6.07) is 13.0. The van der Waals surface area contributed by atoms with Crippen molar-refractivity contribution in [3.63, 3.8) is 0 Å². The fourth-order valence-electron chi connectivity index (χ4n) is 3.33. The van der Waals surface area contributed by atoms with Gasteiger partial charge in [0.2, 0.25) is 0 Å². The van der Waals surface area contributed by atoms with Crippen LogP contribution < -0.4 is 14.2 Å². The number of nitrogens with zero attached hydrogens (tertiary/aromatic N) is 3. The second-order valence-electron chi connectivity index (χ2n) is 6.78. The average Bonchev–Trinajstić information content (AvgIpc) is 3.36. The van der Waals surface area contributed by atoms with E-state index in [4.69, 9.17) is 15.9 Å². The van der Waals surface area contributed by atoms with Gasteiger partial charge in [-0.3, -0.25) is 4.79 Å². The maximum Gasteiger partial charge on any atom is 0.283 e. The van der Waals surface area contributed by atoms with Crippen molar-refractivity contribution in [2.75, 3.05) is 14.2 Å². The molecule has 1 amide bonds. The number of fused-ring (bicyclic) bond motifs is 1. The van der Waals surface area contributed by atoms with Gasteiger partial charge in [0.25, 0.3) is 15.9 Å². The third kappa shape index (κ3) is 4.09. The summed E-state index contributed by atoms with van der Waals surface area (Å²) in [5.74, 6) is 1.37. The molecule has 2 heterocycles. The Morgan fingerprint density at radius 3 is 2.42 bits per heavy atom. The van der Waals surface area contributed by atoms with Crippen LogP contribution in [0.2, 0.25) is 0 Å². The molecule has 2 aromatic carbocycles. The van der Waals surface area contributed by atoms with Gasteiger partial charge in [0.05, 0.1) is 25.4 Å². The van der Waals surface area contributed by atoms with Crippen molar-refractivity contribution in [2.45, 2.75) is 4.90 Å². The summed E-state index contributed by atoms with van der Waals surface area (Å²) in [6.45, 7) is 0. The molecule has 1 N–H and O–H groups in total. The minimum absolute atomic E-state index is 0.0575. The van der Waals surface area contributed by atoms with Gasteiger partial charge in [-0.05, 0) is 42.5 Å². The number of sulfonamides is 1. The van der Waals surface area contributed by atoms with E-state index in [2.05, 4.69) is 16.0 Å². The molecule has 166 valence electrons. The van der Waals surface area contributed by atoms with Gasteiger partial charge < -0.3 is 9.47 Å². The van der Waals surface area contributed by atoms with Crippen LogP contribution in [0.5, 0.6) is 11.5 Å². The van der Waals surface area contributed by atoms with Gasteiger partial charge >= 0.3 is 0 Å². The molecule has 0 fully saturated rings. The number of hydrogen-bond acceptors (Lipinski definition) is 7. The molecular weight excluding hydrogens is 444 g/mol. The van der Waals surface area contributed by atoms with Crippen LogP contribution in [0.15, 0.2) is 65.8 Å². The first kappa shape index (κ1) is 21.9. The Morgan fingerprint density at radius 2 is 1.82 bits per heavy atom. The smallest absolute Gasteiger partial charge is 0.283 e. The number of ether oxygens (including phenoxy) is 2. The number of benzene rings is 2. The Bertz CT molecular complexity index is 1480. The molecule has 0 unspecified atom stereocenters. The Hall–Kier alpha value is -4.36. The number of carbonyl (C=O) groups is 1. The van der Waals surface area contributed by atoms with Crippen molar-refractivity contribution in [1.29, 1.82) is 0 Å². The Kier molecular flexibility index (Phi) is 5.72. The molecule has 0 aliphatic carbocycles. The highest BCUT2D eigenvalue weighted by Crippen LogP contribution is 2.34. The number of amides is 1. The number of nitrogens with one attached hydrogen (secondary N) is 1. The van der Waals surface area contributed by atoms with Crippen LogP contribution in [0.4, 0.5) is 0 Å². The maximum atomic E-state index is 13.1. The first-order chi connectivity index (χ1) is 15.9. The molecule has 0 bridgehead atoms. The van der Waals surface area contributed by atoms with Crippen LogP contribution >= 0.6 is 0 Å². The van der Waals surface area contributed by atoms with Crippen LogP contribution in [-0.4, -0.2) is 43.3 Å². The van der Waals surface area contributed by atoms with Crippen molar-refractivity contribution in [3.8, 4) is 29.5 Å². The monoisotopic (exact) mass is 462 g/mol. The van der Waals surface area contributed by atoms with Gasteiger partial charge in [0.1, 0.15) is 17.2 Å². The van der Waals surface area contributed by atoms with Crippen molar-refractivity contribution in [2.24, 2.45) is 0 Å². The highest BCUT2D eigenvalue weighted by Gasteiger charge is 2.28. The molecule has 9 nitrogen and oxygen atoms in total. The number of pyridine rings is 1. The minimum Gasteiger partial charge on any atom is -0.495 e. The maximum absolute atomic E-state index is 13.1. The first-order valence-corrected chi connectivity index (χ1v) is 11.1. The lowest BCUT2D eigenvalue weighted by atomic mass is 10.1. The lowest BCUT2D eigenvalue weighted by Crippen LogP contribution is -2.31. The van der Waals surface area contributed by atoms with Crippen LogP contribution in [0, 0.1) is 12.3 Å². The van der Waals surface area contributed by atoms with E-state index in [-0.39, 0.29) is 22.1 Å². The van der Waals surface area contributed by atoms with Gasteiger partial charge in [-0.1, -0.05) is 12.0 Å². The Labute approximate surface area is 190 Å². The minimum atomic E-state index is -4.39. The third-order valence-corrected chi connectivity index (χ3v) is 6.21. The first-order valence-electron chi connectivity index (χ1n) is 9.57. The molecule has 33 heavy (non-hydrogen) atoms. The van der Waals surface area contributed by atoms with Crippen LogP contribution in [-0.2, 0) is 10.0 Å². The van der Waals surface area contributed by atoms with E-state index >= 15 is 0 Å². The molecule has 0 spiro atoms. The van der Waals surface area contributed by atoms with E-state index in [1.807, 2.05) is 10.8 Å². The Balaban J connectivity index is 1.71. The highest BCUT2D eigenvalue weighted by molar-refractivity contribution is 7.90. The van der Waals surface area contributed by atoms with Gasteiger partial charge in [-0.2, -0.15) is 5.10 Å². The lowest BCUT2D eigenvalue weighted by molar-refractivity contribution is 0.0977. The largest absolute Gasteiger partial charge is 0.495 e. The number of aromatic nitrogens is 3. The van der Waals surface area contributed by atoms with E-state index in [9.17, 15) is 13.2 Å². The predicted molar refractivity (Wildman–Crippen MR) is 121 cm³/mol. The molecular formula is C23H18N4O5S. The number of methoxy groups -OCH3 is 2. The standard InChI is InChI=1S/C23H18N4O5S/c1-4-15-13-20(31-2)22(21(14-15)32-3)33(29,30)26-23(28)18-10-9-16-17(25-18)7-5-8-19(16)27-12-6-11-24-27/h1,5-14H,2-3H3,(H,26,28). The molecule has 4 aromatic rings. The quantitative estimate of drug-likeness (QED) is 0.438. The zero-order chi connectivity index (χ0) is 23.6. The molecule has 0 aliphatic rings. The van der Waals surface area contributed by atoms with Crippen LogP contribution in [0.25, 0.3) is 16.6 Å². The van der Waals surface area contributed by atoms with Crippen LogP contribution in [0.3, 0.4) is 0 Å². The normalized spacial score (nSPS) is 11.1. The molecule has 0 saturated carbocycles. The summed E-state index contributed by atoms with van der Waals surface area (Å²) in [7, 11) is -1.81. The van der Waals surface area contributed by atoms with E-state index in [1.165, 1.54) is 32.4 Å². The van der Waals surface area contributed by atoms with Crippen molar-refractivity contribution < 1.29 is 22.7 Å². The van der Waals surface area contributed by atoms with Crippen LogP contribution in [0.1, 0.15) is 16.1 Å². The molecule has 4 rings (SSSR count). The van der Waals surface area contributed by atoms with Gasteiger partial charge in [0.15, 0.2) is 4.90 Å². The second-order valence-corrected chi connectivity index (χ2v) is 8.40. The van der Waals surface area contributed by atoms with Gasteiger partial charge in [0, 0.05) is 23.3 Å². The zero-order valence-corrected chi connectivity index (χ0v) is 18.5. The molecule has 0 radical (unpaired) electrons. The summed E-state index contributed by atoms with van der Waals surface area (Å²) >= 11 is 0. The zero-order valence-electron chi connectivity index (χ0n) is 17.6. The highest BCUT2D eigenvalue weighted by atomic mass is 32.2.